The lowest BCUT2D eigenvalue weighted by Crippen LogP contribution is -2.79. The minimum absolute atomic E-state index is 0.233. The second kappa shape index (κ2) is 4.15. The molecule has 12 heteroatoms. The summed E-state index contributed by atoms with van der Waals surface area (Å²) >= 11 is 0. The van der Waals surface area contributed by atoms with Crippen LogP contribution in [0.1, 0.15) is 13.8 Å². The molecule has 126 valence electrons. The third-order valence-corrected chi connectivity index (χ3v) is 3.45. The van der Waals surface area contributed by atoms with Crippen LogP contribution in [0.15, 0.2) is 0 Å². The van der Waals surface area contributed by atoms with Gasteiger partial charge < -0.3 is 9.84 Å². The van der Waals surface area contributed by atoms with Crippen molar-refractivity contribution in [3.05, 3.63) is 0 Å². The Morgan fingerprint density at radius 3 is 1.52 bits per heavy atom. The zero-order valence-electron chi connectivity index (χ0n) is 10.2. The predicted molar refractivity (Wildman–Crippen MR) is 45.6 cm³/mol. The van der Waals surface area contributed by atoms with E-state index in [-0.39, 0.29) is 6.92 Å². The van der Waals surface area contributed by atoms with Crippen LogP contribution in [0.5, 0.6) is 0 Å². The van der Waals surface area contributed by atoms with E-state index in [0.717, 1.165) is 0 Å². The fraction of sp³-hybridized carbons (Fsp3) is 1.00. The first-order valence-electron chi connectivity index (χ1n) is 5.18. The van der Waals surface area contributed by atoms with Crippen molar-refractivity contribution < 1.29 is 53.7 Å². The second-order valence-electron chi connectivity index (χ2n) is 4.74. The van der Waals surface area contributed by atoms with Crippen molar-refractivity contribution in [2.75, 3.05) is 0 Å². The van der Waals surface area contributed by atoms with E-state index in [2.05, 4.69) is 4.74 Å². The zero-order valence-corrected chi connectivity index (χ0v) is 10.2. The van der Waals surface area contributed by atoms with Gasteiger partial charge >= 0.3 is 24.1 Å². The van der Waals surface area contributed by atoms with Gasteiger partial charge in [-0.1, -0.05) is 6.92 Å². The molecule has 1 fully saturated rings. The summed E-state index contributed by atoms with van der Waals surface area (Å²) < 4.78 is 132. The smallest absolute Gasteiger partial charge is 0.354 e. The summed E-state index contributed by atoms with van der Waals surface area (Å²) in [5.41, 5.74) is -4.95. The molecule has 0 amide bonds. The SMILES string of the molecule is C[C@@H]1C(F)(F)C(C)(C(F)(F)F)OC(O)(C(F)(F)F)C1(F)F. The van der Waals surface area contributed by atoms with Crippen LogP contribution in [0.3, 0.4) is 0 Å². The van der Waals surface area contributed by atoms with E-state index in [9.17, 15) is 43.9 Å². The molecule has 1 heterocycles. The predicted octanol–water partition coefficient (Wildman–Crippen LogP) is 3.50. The quantitative estimate of drug-likeness (QED) is 0.685. The standard InChI is InChI=1S/C9H8F10O2/c1-3-5(10,11)4(2,8(14,15)16)21-7(20,6(3,12)13)9(17,18)19/h3,20H,1-2H3/t3-,4?,7?/m1/s1. The number of hydrogen-bond acceptors (Lipinski definition) is 2. The first kappa shape index (κ1) is 18.3. The molecule has 1 N–H and O–H groups in total. The van der Waals surface area contributed by atoms with Crippen LogP contribution in [0.2, 0.25) is 0 Å². The first-order valence-corrected chi connectivity index (χ1v) is 5.18. The Kier molecular flexibility index (Phi) is 3.61. The van der Waals surface area contributed by atoms with E-state index < -0.39 is 48.4 Å². The largest absolute Gasteiger partial charge is 0.449 e. The highest BCUT2D eigenvalue weighted by Crippen LogP contribution is 2.62. The van der Waals surface area contributed by atoms with Crippen molar-refractivity contribution in [1.29, 1.82) is 0 Å². The van der Waals surface area contributed by atoms with Crippen LogP contribution in [0, 0.1) is 5.92 Å². The minimum Gasteiger partial charge on any atom is -0.354 e. The molecule has 0 aliphatic carbocycles. The maximum atomic E-state index is 13.6. The van der Waals surface area contributed by atoms with Gasteiger partial charge in [-0.2, -0.15) is 35.1 Å². The van der Waals surface area contributed by atoms with Crippen LogP contribution in [-0.4, -0.2) is 40.7 Å². The number of hydrogen-bond donors (Lipinski definition) is 1. The van der Waals surface area contributed by atoms with Crippen molar-refractivity contribution in [3.8, 4) is 0 Å². The van der Waals surface area contributed by atoms with Crippen molar-refractivity contribution in [1.82, 2.24) is 0 Å². The van der Waals surface area contributed by atoms with Crippen LogP contribution >= 0.6 is 0 Å². The highest BCUT2D eigenvalue weighted by molar-refractivity contribution is 5.13. The van der Waals surface area contributed by atoms with Gasteiger partial charge in [0.1, 0.15) is 0 Å². The molecule has 1 saturated heterocycles. The van der Waals surface area contributed by atoms with Gasteiger partial charge in [0.25, 0.3) is 5.92 Å². The number of rotatable bonds is 0. The molecule has 0 aromatic heterocycles. The molecular weight excluding hydrogens is 330 g/mol. The summed E-state index contributed by atoms with van der Waals surface area (Å²) in [7, 11) is 0. The molecule has 1 rings (SSSR count). The summed E-state index contributed by atoms with van der Waals surface area (Å²) in [6, 6.07) is 0. The first-order chi connectivity index (χ1) is 8.86. The van der Waals surface area contributed by atoms with Gasteiger partial charge in [0.15, 0.2) is 0 Å². The Balaban J connectivity index is 3.64. The van der Waals surface area contributed by atoms with Crippen molar-refractivity contribution in [3.63, 3.8) is 0 Å². The van der Waals surface area contributed by atoms with Crippen LogP contribution in [0.25, 0.3) is 0 Å². The van der Waals surface area contributed by atoms with Gasteiger partial charge in [0.2, 0.25) is 5.60 Å². The maximum absolute atomic E-state index is 13.6. The third-order valence-electron chi connectivity index (χ3n) is 3.45. The van der Waals surface area contributed by atoms with Gasteiger partial charge in [0.05, 0.1) is 5.92 Å². The average molecular weight is 338 g/mol. The Labute approximate surface area is 110 Å². The normalized spacial score (nSPS) is 40.1. The second-order valence-corrected chi connectivity index (χ2v) is 4.74. The fourth-order valence-corrected chi connectivity index (χ4v) is 1.86. The van der Waals surface area contributed by atoms with Crippen LogP contribution in [-0.2, 0) is 4.74 Å². The van der Waals surface area contributed by atoms with Gasteiger partial charge in [-0.25, -0.2) is 8.78 Å². The zero-order chi connectivity index (χ0) is 17.3. The summed E-state index contributed by atoms with van der Waals surface area (Å²) in [5, 5.41) is 8.91. The van der Waals surface area contributed by atoms with Gasteiger partial charge in [0, 0.05) is 0 Å². The molecule has 0 radical (unpaired) electrons. The molecule has 0 aromatic rings. The monoisotopic (exact) mass is 338 g/mol. The molecule has 2 nitrogen and oxygen atoms in total. The lowest BCUT2D eigenvalue weighted by molar-refractivity contribution is -0.533. The average Bonchev–Trinajstić information content (AvgIpc) is 2.22. The Hall–Kier alpha value is -0.780. The summed E-state index contributed by atoms with van der Waals surface area (Å²) in [6.45, 7) is -0.765. The minimum atomic E-state index is -6.44. The molecule has 1 aliphatic heterocycles. The number of aliphatic hydroxyl groups is 1. The summed E-state index contributed by atoms with van der Waals surface area (Å²) in [4.78, 5) is 0. The van der Waals surface area contributed by atoms with Gasteiger partial charge in [-0.15, -0.1) is 0 Å². The molecule has 0 bridgehead atoms. The highest BCUT2D eigenvalue weighted by atomic mass is 19.4. The Morgan fingerprint density at radius 1 is 0.857 bits per heavy atom. The molecule has 0 saturated carbocycles. The van der Waals surface area contributed by atoms with E-state index in [0.29, 0.717) is 0 Å². The molecular formula is C9H8F10O2. The molecule has 21 heavy (non-hydrogen) atoms. The number of ether oxygens (including phenoxy) is 1. The Morgan fingerprint density at radius 2 is 1.24 bits per heavy atom. The van der Waals surface area contributed by atoms with E-state index >= 15 is 0 Å². The number of halogens is 10. The highest BCUT2D eigenvalue weighted by Gasteiger charge is 2.87. The lowest BCUT2D eigenvalue weighted by atomic mass is 9.76. The van der Waals surface area contributed by atoms with E-state index in [4.69, 9.17) is 5.11 Å². The fourth-order valence-electron chi connectivity index (χ4n) is 1.86. The lowest BCUT2D eigenvalue weighted by Gasteiger charge is -2.54. The van der Waals surface area contributed by atoms with E-state index in [1.54, 1.807) is 0 Å². The van der Waals surface area contributed by atoms with Gasteiger partial charge in [-0.3, -0.25) is 0 Å². The van der Waals surface area contributed by atoms with Crippen LogP contribution < -0.4 is 0 Å². The Bertz CT molecular complexity index is 389. The molecule has 0 spiro atoms. The van der Waals surface area contributed by atoms with E-state index in [1.165, 1.54) is 0 Å². The topological polar surface area (TPSA) is 29.5 Å². The summed E-state index contributed by atoms with van der Waals surface area (Å²) in [5.74, 6) is -20.6. The summed E-state index contributed by atoms with van der Waals surface area (Å²) in [6.07, 6.45) is -12.6. The maximum Gasteiger partial charge on any atom is 0.449 e. The third kappa shape index (κ3) is 2.01. The van der Waals surface area contributed by atoms with E-state index in [1.807, 2.05) is 0 Å². The molecule has 3 atom stereocenters. The van der Waals surface area contributed by atoms with Crippen molar-refractivity contribution >= 4 is 0 Å². The van der Waals surface area contributed by atoms with Gasteiger partial charge in [-0.05, 0) is 6.92 Å². The molecule has 1 aliphatic rings. The molecule has 0 aromatic carbocycles. The van der Waals surface area contributed by atoms with Crippen molar-refractivity contribution in [2.45, 2.75) is 49.4 Å². The number of alkyl halides is 10. The van der Waals surface area contributed by atoms with Crippen LogP contribution in [0.4, 0.5) is 43.9 Å². The molecule has 2 unspecified atom stereocenters. The van der Waals surface area contributed by atoms with Crippen molar-refractivity contribution in [2.24, 2.45) is 5.92 Å².